The van der Waals surface area contributed by atoms with Crippen LogP contribution < -0.4 is 10.2 Å². The van der Waals surface area contributed by atoms with Gasteiger partial charge in [0.2, 0.25) is 0 Å². The molecule has 0 atom stereocenters. The van der Waals surface area contributed by atoms with E-state index in [9.17, 15) is 0 Å². The largest absolute Gasteiger partial charge is 0.371 e. The third-order valence-electron chi connectivity index (χ3n) is 4.18. The second-order valence-electron chi connectivity index (χ2n) is 5.28. The van der Waals surface area contributed by atoms with Gasteiger partial charge in [0.05, 0.1) is 0 Å². The van der Waals surface area contributed by atoms with E-state index >= 15 is 0 Å². The maximum absolute atomic E-state index is 3.45. The van der Waals surface area contributed by atoms with Crippen LogP contribution in [-0.2, 0) is 6.42 Å². The van der Waals surface area contributed by atoms with Gasteiger partial charge >= 0.3 is 0 Å². The Balaban J connectivity index is 2.10. The Morgan fingerprint density at radius 3 is 2.47 bits per heavy atom. The Labute approximate surface area is 105 Å². The normalized spacial score (nSPS) is 19.4. The molecular formula is C15H24N2. The van der Waals surface area contributed by atoms with Crippen molar-refractivity contribution >= 4 is 5.69 Å². The molecule has 1 aromatic carbocycles. The summed E-state index contributed by atoms with van der Waals surface area (Å²) in [5, 5.41) is 3.45. The summed E-state index contributed by atoms with van der Waals surface area (Å²) in [6.45, 7) is 6.89. The molecule has 0 radical (unpaired) electrons. The summed E-state index contributed by atoms with van der Waals surface area (Å²) in [7, 11) is 2.08. The molecule has 0 unspecified atom stereocenters. The van der Waals surface area contributed by atoms with E-state index in [1.54, 1.807) is 0 Å². The Morgan fingerprint density at radius 1 is 1.24 bits per heavy atom. The van der Waals surface area contributed by atoms with Gasteiger partial charge in [-0.05, 0) is 44.9 Å². The number of benzene rings is 1. The Kier molecular flexibility index (Phi) is 3.72. The number of anilines is 1. The van der Waals surface area contributed by atoms with Gasteiger partial charge in [-0.2, -0.15) is 0 Å². The lowest BCUT2D eigenvalue weighted by molar-refractivity contribution is 0.305. The lowest BCUT2D eigenvalue weighted by Gasteiger charge is -2.41. The monoisotopic (exact) mass is 232 g/mol. The number of aryl methyl sites for hydroxylation is 1. The fourth-order valence-electron chi connectivity index (χ4n) is 2.61. The predicted molar refractivity (Wildman–Crippen MR) is 74.7 cm³/mol. The second kappa shape index (κ2) is 5.09. The minimum atomic E-state index is 0.331. The quantitative estimate of drug-likeness (QED) is 0.862. The van der Waals surface area contributed by atoms with E-state index in [-0.39, 0.29) is 0 Å². The molecule has 1 aliphatic rings. The van der Waals surface area contributed by atoms with Crippen LogP contribution in [0.25, 0.3) is 0 Å². The van der Waals surface area contributed by atoms with Crippen LogP contribution in [0, 0.1) is 0 Å². The van der Waals surface area contributed by atoms with E-state index in [0.29, 0.717) is 5.54 Å². The van der Waals surface area contributed by atoms with Crippen LogP contribution in [0.3, 0.4) is 0 Å². The van der Waals surface area contributed by atoms with E-state index in [4.69, 9.17) is 0 Å². The summed E-state index contributed by atoms with van der Waals surface area (Å²) >= 11 is 0. The first-order valence-corrected chi connectivity index (χ1v) is 6.70. The van der Waals surface area contributed by atoms with Crippen LogP contribution in [0.15, 0.2) is 24.3 Å². The highest BCUT2D eigenvalue weighted by Gasteiger charge is 2.28. The molecule has 2 rings (SSSR count). The smallest absolute Gasteiger partial charge is 0.0398 e. The van der Waals surface area contributed by atoms with Gasteiger partial charge in [0, 0.05) is 24.3 Å². The number of hydrogen-bond acceptors (Lipinski definition) is 2. The van der Waals surface area contributed by atoms with Gasteiger partial charge in [0.1, 0.15) is 0 Å². The molecule has 2 nitrogen and oxygen atoms in total. The minimum absolute atomic E-state index is 0.331. The van der Waals surface area contributed by atoms with Crippen molar-refractivity contribution in [3.8, 4) is 0 Å². The highest BCUT2D eigenvalue weighted by atomic mass is 15.2. The van der Waals surface area contributed by atoms with Crippen molar-refractivity contribution in [2.24, 2.45) is 0 Å². The highest BCUT2D eigenvalue weighted by Crippen LogP contribution is 2.28. The van der Waals surface area contributed by atoms with Crippen LogP contribution in [0.1, 0.15) is 32.3 Å². The Morgan fingerprint density at radius 2 is 1.88 bits per heavy atom. The van der Waals surface area contributed by atoms with E-state index in [0.717, 1.165) is 19.5 Å². The second-order valence-corrected chi connectivity index (χ2v) is 5.28. The summed E-state index contributed by atoms with van der Waals surface area (Å²) < 4.78 is 0. The van der Waals surface area contributed by atoms with Gasteiger partial charge in [0.25, 0.3) is 0 Å². The summed E-state index contributed by atoms with van der Waals surface area (Å²) in [4.78, 5) is 2.54. The van der Waals surface area contributed by atoms with Crippen molar-refractivity contribution in [2.75, 3.05) is 25.0 Å². The molecule has 0 aliphatic carbocycles. The molecule has 2 heteroatoms. The van der Waals surface area contributed by atoms with E-state index < -0.39 is 0 Å². The first kappa shape index (κ1) is 12.4. The van der Waals surface area contributed by atoms with Crippen LogP contribution >= 0.6 is 0 Å². The van der Waals surface area contributed by atoms with Crippen molar-refractivity contribution < 1.29 is 0 Å². The van der Waals surface area contributed by atoms with E-state index in [1.807, 2.05) is 0 Å². The lowest BCUT2D eigenvalue weighted by atomic mass is 9.89. The number of nitrogens with zero attached hydrogens (tertiary/aromatic N) is 1. The molecular weight excluding hydrogens is 208 g/mol. The summed E-state index contributed by atoms with van der Waals surface area (Å²) in [5.41, 5.74) is 3.24. The van der Waals surface area contributed by atoms with Crippen LogP contribution in [0.4, 0.5) is 5.69 Å². The SMILES string of the molecule is CCc1ccccc1N1CCC(C)(NC)CC1. The molecule has 1 fully saturated rings. The lowest BCUT2D eigenvalue weighted by Crippen LogP contribution is -2.50. The minimum Gasteiger partial charge on any atom is -0.371 e. The maximum atomic E-state index is 3.45. The van der Waals surface area contributed by atoms with Gasteiger partial charge < -0.3 is 10.2 Å². The van der Waals surface area contributed by atoms with Crippen LogP contribution in [-0.4, -0.2) is 25.7 Å². The number of para-hydroxylation sites is 1. The zero-order valence-corrected chi connectivity index (χ0v) is 11.3. The molecule has 1 N–H and O–H groups in total. The van der Waals surface area contributed by atoms with Gasteiger partial charge in [0.15, 0.2) is 0 Å². The van der Waals surface area contributed by atoms with Crippen molar-refractivity contribution in [2.45, 2.75) is 38.6 Å². The summed E-state index contributed by atoms with van der Waals surface area (Å²) in [5.74, 6) is 0. The topological polar surface area (TPSA) is 15.3 Å². The van der Waals surface area contributed by atoms with E-state index in [1.165, 1.54) is 24.1 Å². The molecule has 94 valence electrons. The summed E-state index contributed by atoms with van der Waals surface area (Å²) in [6, 6.07) is 8.81. The first-order valence-electron chi connectivity index (χ1n) is 6.70. The zero-order valence-electron chi connectivity index (χ0n) is 11.3. The predicted octanol–water partition coefficient (Wildman–Crippen LogP) is 2.83. The fourth-order valence-corrected chi connectivity index (χ4v) is 2.61. The van der Waals surface area contributed by atoms with Crippen molar-refractivity contribution in [1.29, 1.82) is 0 Å². The van der Waals surface area contributed by atoms with Gasteiger partial charge in [-0.1, -0.05) is 25.1 Å². The summed E-state index contributed by atoms with van der Waals surface area (Å²) in [6.07, 6.45) is 3.57. The fraction of sp³-hybridized carbons (Fsp3) is 0.600. The molecule has 1 aromatic rings. The van der Waals surface area contributed by atoms with Gasteiger partial charge in [-0.3, -0.25) is 0 Å². The Bertz CT molecular complexity index is 365. The molecule has 0 amide bonds. The molecule has 0 saturated carbocycles. The van der Waals surface area contributed by atoms with Crippen molar-refractivity contribution in [3.05, 3.63) is 29.8 Å². The van der Waals surface area contributed by atoms with Crippen LogP contribution in [0.5, 0.6) is 0 Å². The maximum Gasteiger partial charge on any atom is 0.0398 e. The molecule has 0 bridgehead atoms. The molecule has 17 heavy (non-hydrogen) atoms. The number of rotatable bonds is 3. The molecule has 0 aromatic heterocycles. The highest BCUT2D eigenvalue weighted by molar-refractivity contribution is 5.54. The zero-order chi connectivity index (χ0) is 12.3. The average molecular weight is 232 g/mol. The Hall–Kier alpha value is -1.02. The van der Waals surface area contributed by atoms with Crippen molar-refractivity contribution in [3.63, 3.8) is 0 Å². The van der Waals surface area contributed by atoms with Crippen molar-refractivity contribution in [1.82, 2.24) is 5.32 Å². The molecule has 1 aliphatic heterocycles. The first-order chi connectivity index (χ1) is 8.18. The molecule has 0 spiro atoms. The standard InChI is InChI=1S/C15H24N2/c1-4-13-7-5-6-8-14(13)17-11-9-15(2,16-3)10-12-17/h5-8,16H,4,9-12H2,1-3H3. The number of nitrogens with one attached hydrogen (secondary N) is 1. The third kappa shape index (κ3) is 2.63. The number of hydrogen-bond donors (Lipinski definition) is 1. The van der Waals surface area contributed by atoms with Gasteiger partial charge in [-0.15, -0.1) is 0 Å². The van der Waals surface area contributed by atoms with E-state index in [2.05, 4.69) is 55.4 Å². The average Bonchev–Trinajstić information content (AvgIpc) is 2.40. The molecule has 1 saturated heterocycles. The number of piperidine rings is 1. The van der Waals surface area contributed by atoms with Crippen LogP contribution in [0.2, 0.25) is 0 Å². The third-order valence-corrected chi connectivity index (χ3v) is 4.18. The van der Waals surface area contributed by atoms with Gasteiger partial charge in [-0.25, -0.2) is 0 Å². The molecule has 1 heterocycles.